The van der Waals surface area contributed by atoms with Crippen LogP contribution in [0.15, 0.2) is 42.6 Å². The van der Waals surface area contributed by atoms with Gasteiger partial charge in [-0.25, -0.2) is 14.6 Å². The molecule has 3 aromatic rings. The number of hydrogen-bond donors (Lipinski definition) is 4. The van der Waals surface area contributed by atoms with Crippen molar-refractivity contribution in [2.45, 2.75) is 32.5 Å². The second kappa shape index (κ2) is 11.9. The number of amides is 1. The summed E-state index contributed by atoms with van der Waals surface area (Å²) in [5, 5.41) is 32.5. The van der Waals surface area contributed by atoms with Gasteiger partial charge in [-0.3, -0.25) is 4.79 Å². The Labute approximate surface area is 195 Å². The van der Waals surface area contributed by atoms with Crippen LogP contribution in [0.25, 0.3) is 16.9 Å². The molecular formula is C23H29N3O8. The number of aliphatic carboxylic acids is 2. The number of pyridine rings is 1. The Morgan fingerprint density at radius 2 is 1.41 bits per heavy atom. The number of likely N-dealkylation sites (N-methyl/N-ethyl adjacent to an activating group) is 1. The number of benzene rings is 1. The average molecular weight is 475 g/mol. The predicted octanol–water partition coefficient (Wildman–Crippen LogP) is 0.302. The molecule has 0 fully saturated rings. The molecule has 0 aliphatic rings. The fraction of sp³-hybridized carbons (Fsp3) is 0.304. The first-order valence-corrected chi connectivity index (χ1v) is 9.99. The molecule has 0 radical (unpaired) electrons. The van der Waals surface area contributed by atoms with Crippen molar-refractivity contribution in [1.82, 2.24) is 14.3 Å². The molecule has 0 aliphatic carbocycles. The standard InChI is InChI=1S/C19H21N3O.C4H6O6.H2O/c1-13-5-8-15(9-6-13)19-16(11-18(23)21(3)4)22-12-14(2)7-10-17(22)20-19;5-1(3(7)8)2(6)4(9)10;/h5-10,12H,11H2,1-4H3;1-2,5-6H,(H,7,8)(H,9,10);1H2/t;1-,2-;/m.1./s1. The van der Waals surface area contributed by atoms with Gasteiger partial charge in [-0.2, -0.15) is 0 Å². The van der Waals surface area contributed by atoms with Crippen molar-refractivity contribution in [3.05, 3.63) is 59.4 Å². The van der Waals surface area contributed by atoms with Gasteiger partial charge in [0, 0.05) is 25.9 Å². The van der Waals surface area contributed by atoms with Crippen molar-refractivity contribution >= 4 is 23.5 Å². The van der Waals surface area contributed by atoms with Crippen LogP contribution in [0.3, 0.4) is 0 Å². The molecule has 2 atom stereocenters. The highest BCUT2D eigenvalue weighted by atomic mass is 16.4. The minimum absolute atomic E-state index is 0. The summed E-state index contributed by atoms with van der Waals surface area (Å²) in [5.74, 6) is -3.47. The van der Waals surface area contributed by atoms with Crippen LogP contribution >= 0.6 is 0 Å². The van der Waals surface area contributed by atoms with Crippen molar-refractivity contribution in [2.75, 3.05) is 14.1 Å². The summed E-state index contributed by atoms with van der Waals surface area (Å²) in [7, 11) is 3.56. The third-order valence-electron chi connectivity index (χ3n) is 4.81. The highest BCUT2D eigenvalue weighted by Crippen LogP contribution is 2.26. The highest BCUT2D eigenvalue weighted by Gasteiger charge is 2.29. The fourth-order valence-electron chi connectivity index (χ4n) is 2.88. The smallest absolute Gasteiger partial charge is 0.335 e. The van der Waals surface area contributed by atoms with Gasteiger partial charge < -0.3 is 35.2 Å². The summed E-state index contributed by atoms with van der Waals surface area (Å²) in [4.78, 5) is 38.2. The summed E-state index contributed by atoms with van der Waals surface area (Å²) in [6.45, 7) is 4.11. The van der Waals surface area contributed by atoms with E-state index in [2.05, 4.69) is 31.2 Å². The number of nitrogens with zero attached hydrogens (tertiary/aromatic N) is 3. The molecule has 2 aromatic heterocycles. The van der Waals surface area contributed by atoms with Gasteiger partial charge in [-0.15, -0.1) is 0 Å². The van der Waals surface area contributed by atoms with E-state index in [0.29, 0.717) is 6.42 Å². The monoisotopic (exact) mass is 475 g/mol. The Morgan fingerprint density at radius 3 is 1.88 bits per heavy atom. The number of aliphatic hydroxyl groups is 2. The van der Waals surface area contributed by atoms with Crippen LogP contribution in [0.2, 0.25) is 0 Å². The van der Waals surface area contributed by atoms with Gasteiger partial charge in [0.25, 0.3) is 0 Å². The van der Waals surface area contributed by atoms with E-state index in [1.807, 2.05) is 29.7 Å². The lowest BCUT2D eigenvalue weighted by atomic mass is 10.1. The zero-order valence-electron chi connectivity index (χ0n) is 19.3. The van der Waals surface area contributed by atoms with Crippen LogP contribution in [0.5, 0.6) is 0 Å². The van der Waals surface area contributed by atoms with Crippen molar-refractivity contribution in [2.24, 2.45) is 0 Å². The number of carboxylic acids is 2. The number of rotatable bonds is 6. The van der Waals surface area contributed by atoms with Crippen molar-refractivity contribution in [1.29, 1.82) is 0 Å². The number of aryl methyl sites for hydroxylation is 2. The number of aliphatic hydroxyl groups excluding tert-OH is 2. The molecular weight excluding hydrogens is 446 g/mol. The van der Waals surface area contributed by atoms with Gasteiger partial charge in [-0.05, 0) is 25.5 Å². The molecule has 1 amide bonds. The zero-order chi connectivity index (χ0) is 24.9. The minimum atomic E-state index is -2.27. The van der Waals surface area contributed by atoms with Crippen molar-refractivity contribution in [3.8, 4) is 11.3 Å². The Balaban J connectivity index is 0.000000450. The molecule has 3 rings (SSSR count). The summed E-state index contributed by atoms with van der Waals surface area (Å²) in [5.41, 5.74) is 6.08. The lowest BCUT2D eigenvalue weighted by Crippen LogP contribution is -2.39. The summed E-state index contributed by atoms with van der Waals surface area (Å²) >= 11 is 0. The molecule has 184 valence electrons. The molecule has 0 unspecified atom stereocenters. The molecule has 0 aliphatic heterocycles. The molecule has 34 heavy (non-hydrogen) atoms. The molecule has 1 aromatic carbocycles. The quantitative estimate of drug-likeness (QED) is 0.392. The van der Waals surface area contributed by atoms with Crippen LogP contribution in [0, 0.1) is 13.8 Å². The first kappa shape index (κ1) is 28.2. The number of aromatic nitrogens is 2. The first-order valence-electron chi connectivity index (χ1n) is 9.99. The normalized spacial score (nSPS) is 12.1. The maximum Gasteiger partial charge on any atom is 0.335 e. The molecule has 0 saturated carbocycles. The summed E-state index contributed by atoms with van der Waals surface area (Å²) in [6, 6.07) is 12.3. The fourth-order valence-corrected chi connectivity index (χ4v) is 2.88. The van der Waals surface area contributed by atoms with Crippen molar-refractivity contribution in [3.63, 3.8) is 0 Å². The summed E-state index contributed by atoms with van der Waals surface area (Å²) < 4.78 is 2.03. The molecule has 11 heteroatoms. The van der Waals surface area contributed by atoms with Gasteiger partial charge in [-0.1, -0.05) is 35.9 Å². The number of hydrogen-bond acceptors (Lipinski definition) is 6. The van der Waals surface area contributed by atoms with E-state index in [1.54, 1.807) is 19.0 Å². The predicted molar refractivity (Wildman–Crippen MR) is 123 cm³/mol. The number of imidazole rings is 1. The lowest BCUT2D eigenvalue weighted by molar-refractivity contribution is -0.165. The van der Waals surface area contributed by atoms with E-state index in [0.717, 1.165) is 28.2 Å². The number of carbonyl (C=O) groups excluding carboxylic acids is 1. The first-order chi connectivity index (χ1) is 15.4. The van der Waals surface area contributed by atoms with Crippen LogP contribution < -0.4 is 0 Å². The van der Waals surface area contributed by atoms with Gasteiger partial charge in [0.1, 0.15) is 5.65 Å². The number of carboxylic acid groups (broad SMARTS) is 2. The molecule has 0 saturated heterocycles. The van der Waals surface area contributed by atoms with Gasteiger partial charge in [0.05, 0.1) is 17.8 Å². The second-order valence-electron chi connectivity index (χ2n) is 7.74. The van der Waals surface area contributed by atoms with E-state index < -0.39 is 24.1 Å². The Kier molecular flexibility index (Phi) is 9.87. The average Bonchev–Trinajstić information content (AvgIpc) is 3.10. The van der Waals surface area contributed by atoms with E-state index in [-0.39, 0.29) is 11.4 Å². The van der Waals surface area contributed by atoms with Crippen LogP contribution in [0.1, 0.15) is 16.8 Å². The topological polar surface area (TPSA) is 184 Å². The van der Waals surface area contributed by atoms with E-state index in [1.165, 1.54) is 5.56 Å². The van der Waals surface area contributed by atoms with Crippen molar-refractivity contribution < 1.29 is 40.3 Å². The molecule has 2 heterocycles. The van der Waals surface area contributed by atoms with Gasteiger partial charge in [0.15, 0.2) is 12.2 Å². The van der Waals surface area contributed by atoms with Crippen LogP contribution in [-0.4, -0.2) is 84.3 Å². The second-order valence-corrected chi connectivity index (χ2v) is 7.74. The summed E-state index contributed by atoms with van der Waals surface area (Å²) in [6.07, 6.45) is -2.16. The van der Waals surface area contributed by atoms with E-state index >= 15 is 0 Å². The minimum Gasteiger partial charge on any atom is -0.479 e. The highest BCUT2D eigenvalue weighted by molar-refractivity contribution is 5.83. The lowest BCUT2D eigenvalue weighted by Gasteiger charge is -2.11. The maximum atomic E-state index is 12.3. The molecule has 6 N–H and O–H groups in total. The zero-order valence-corrected chi connectivity index (χ0v) is 19.3. The third-order valence-corrected chi connectivity index (χ3v) is 4.81. The largest absolute Gasteiger partial charge is 0.479 e. The van der Waals surface area contributed by atoms with Crippen LogP contribution in [-0.2, 0) is 20.8 Å². The maximum absolute atomic E-state index is 12.3. The third kappa shape index (κ3) is 6.85. The van der Waals surface area contributed by atoms with Gasteiger partial charge in [0.2, 0.25) is 5.91 Å². The number of fused-ring (bicyclic) bond motifs is 1. The molecule has 11 nitrogen and oxygen atoms in total. The van der Waals surface area contributed by atoms with E-state index in [4.69, 9.17) is 25.4 Å². The Morgan fingerprint density at radius 1 is 0.912 bits per heavy atom. The van der Waals surface area contributed by atoms with Crippen LogP contribution in [0.4, 0.5) is 0 Å². The Hall–Kier alpha value is -3.80. The molecule has 0 bridgehead atoms. The van der Waals surface area contributed by atoms with Gasteiger partial charge >= 0.3 is 11.9 Å². The number of carbonyl (C=O) groups is 3. The van der Waals surface area contributed by atoms with E-state index in [9.17, 15) is 14.4 Å². The molecule has 0 spiro atoms. The Bertz CT molecular complexity index is 1140. The SMILES string of the molecule is Cc1ccc(-c2nc3ccc(C)cn3c2CC(=O)N(C)C)cc1.O.O=C(O)[C@H](O)[C@@H](O)C(=O)O.